The van der Waals surface area contributed by atoms with Crippen molar-refractivity contribution in [1.29, 1.82) is 0 Å². The smallest absolute Gasteiger partial charge is 0.328 e. The van der Waals surface area contributed by atoms with Crippen LogP contribution in [0.2, 0.25) is 0 Å². The first kappa shape index (κ1) is 15.5. The molecule has 3 atom stereocenters. The molecule has 1 saturated heterocycles. The maximum atomic E-state index is 12.2. The molecule has 23 heavy (non-hydrogen) atoms. The van der Waals surface area contributed by atoms with Crippen LogP contribution in [0, 0.1) is 0 Å². The predicted molar refractivity (Wildman–Crippen MR) is 80.2 cm³/mol. The molecule has 7 nitrogen and oxygen atoms in total. The molecule has 0 unspecified atom stereocenters. The average Bonchev–Trinajstić information content (AvgIpc) is 2.94. The molecule has 0 bridgehead atoms. The van der Waals surface area contributed by atoms with Gasteiger partial charge in [0.2, 0.25) is 11.8 Å². The Labute approximate surface area is 133 Å². The number of methoxy groups -OCH3 is 1. The van der Waals surface area contributed by atoms with Crippen molar-refractivity contribution in [2.75, 3.05) is 12.0 Å². The summed E-state index contributed by atoms with van der Waals surface area (Å²) >= 11 is 0. The van der Waals surface area contributed by atoms with Crippen LogP contribution >= 0.6 is 0 Å². The maximum absolute atomic E-state index is 12.2. The lowest BCUT2D eigenvalue weighted by molar-refractivity contribution is -0.151. The molecule has 0 radical (unpaired) electrons. The third-order valence-corrected chi connectivity index (χ3v) is 4.58. The van der Waals surface area contributed by atoms with Crippen LogP contribution in [0.1, 0.15) is 25.8 Å². The molecular formula is C16H18N2O5. The molecule has 2 aliphatic rings. The van der Waals surface area contributed by atoms with E-state index in [2.05, 4.69) is 0 Å². The van der Waals surface area contributed by atoms with Crippen molar-refractivity contribution in [3.63, 3.8) is 0 Å². The van der Waals surface area contributed by atoms with E-state index in [4.69, 9.17) is 4.74 Å². The number of likely N-dealkylation sites (tertiary alicyclic amines) is 1. The number of amides is 2. The first-order valence-electron chi connectivity index (χ1n) is 7.31. The van der Waals surface area contributed by atoms with Gasteiger partial charge in [-0.3, -0.25) is 14.5 Å². The Morgan fingerprint density at radius 3 is 2.43 bits per heavy atom. The van der Waals surface area contributed by atoms with E-state index in [-0.39, 0.29) is 12.3 Å². The van der Waals surface area contributed by atoms with Gasteiger partial charge in [0.05, 0.1) is 12.8 Å². The highest BCUT2D eigenvalue weighted by molar-refractivity contribution is 5.97. The zero-order chi connectivity index (χ0) is 16.9. The Morgan fingerprint density at radius 2 is 1.87 bits per heavy atom. The summed E-state index contributed by atoms with van der Waals surface area (Å²) < 4.78 is 4.76. The number of para-hydroxylation sites is 1. The topological polar surface area (TPSA) is 87.2 Å². The van der Waals surface area contributed by atoms with Gasteiger partial charge in [-0.25, -0.2) is 4.79 Å². The van der Waals surface area contributed by atoms with Crippen LogP contribution in [-0.2, 0) is 24.7 Å². The van der Waals surface area contributed by atoms with Gasteiger partial charge < -0.3 is 14.7 Å². The maximum Gasteiger partial charge on any atom is 0.328 e. The molecular weight excluding hydrogens is 300 g/mol. The molecule has 122 valence electrons. The molecule has 1 aromatic carbocycles. The summed E-state index contributed by atoms with van der Waals surface area (Å²) in [6.07, 6.45) is -0.955. The summed E-state index contributed by atoms with van der Waals surface area (Å²) in [7, 11) is 1.23. The highest BCUT2D eigenvalue weighted by Crippen LogP contribution is 2.52. The number of rotatable bonds is 1. The van der Waals surface area contributed by atoms with Gasteiger partial charge in [-0.2, -0.15) is 0 Å². The van der Waals surface area contributed by atoms with Gasteiger partial charge in [-0.05, 0) is 6.07 Å². The van der Waals surface area contributed by atoms with Gasteiger partial charge in [-0.1, -0.05) is 18.2 Å². The van der Waals surface area contributed by atoms with Crippen molar-refractivity contribution in [1.82, 2.24) is 4.90 Å². The van der Waals surface area contributed by atoms with Gasteiger partial charge in [0.1, 0.15) is 17.8 Å². The molecule has 0 aliphatic carbocycles. The van der Waals surface area contributed by atoms with Gasteiger partial charge >= 0.3 is 5.97 Å². The number of fused-ring (bicyclic) bond motifs is 3. The van der Waals surface area contributed by atoms with Crippen molar-refractivity contribution in [3.05, 3.63) is 29.8 Å². The fraction of sp³-hybridized carbons (Fsp3) is 0.438. The lowest BCUT2D eigenvalue weighted by Crippen LogP contribution is -2.55. The Balaban J connectivity index is 2.19. The van der Waals surface area contributed by atoms with E-state index in [1.54, 1.807) is 24.3 Å². The van der Waals surface area contributed by atoms with Crippen LogP contribution in [0.15, 0.2) is 24.3 Å². The second-order valence-electron chi connectivity index (χ2n) is 5.87. The van der Waals surface area contributed by atoms with Crippen LogP contribution in [0.5, 0.6) is 0 Å². The van der Waals surface area contributed by atoms with Gasteiger partial charge in [0.25, 0.3) is 0 Å². The Kier molecular flexibility index (Phi) is 3.40. The number of benzene rings is 1. The van der Waals surface area contributed by atoms with Crippen LogP contribution in [0.4, 0.5) is 5.69 Å². The molecule has 2 heterocycles. The molecule has 2 aliphatic heterocycles. The molecule has 1 N–H and O–H groups in total. The first-order valence-corrected chi connectivity index (χ1v) is 7.31. The Hall–Kier alpha value is -2.41. The number of hydrogen-bond donors (Lipinski definition) is 1. The Morgan fingerprint density at radius 1 is 1.22 bits per heavy atom. The van der Waals surface area contributed by atoms with Crippen molar-refractivity contribution >= 4 is 23.5 Å². The number of nitrogens with zero attached hydrogens (tertiary/aromatic N) is 2. The SMILES string of the molecule is COC(=O)[C@@H]1C[C@@]2(O)c3ccccc3N(C(C)=O)[C@H]2N1C(C)=O. The minimum absolute atomic E-state index is 0.00921. The van der Waals surface area contributed by atoms with Gasteiger partial charge in [0, 0.05) is 25.8 Å². The summed E-state index contributed by atoms with van der Waals surface area (Å²) in [6.45, 7) is 2.68. The molecule has 0 saturated carbocycles. The number of esters is 1. The van der Waals surface area contributed by atoms with Gasteiger partial charge in [-0.15, -0.1) is 0 Å². The molecule has 1 fully saturated rings. The van der Waals surface area contributed by atoms with E-state index >= 15 is 0 Å². The summed E-state index contributed by atoms with van der Waals surface area (Å²) in [5, 5.41) is 11.2. The van der Waals surface area contributed by atoms with Crippen LogP contribution in [-0.4, -0.2) is 47.1 Å². The normalized spacial score (nSPS) is 28.3. The zero-order valence-corrected chi connectivity index (χ0v) is 13.1. The standard InChI is InChI=1S/C16H18N2O5/c1-9(19)17-12-7-5-4-6-11(12)16(22)8-13(14(21)23-3)18(10(2)20)15(16)17/h4-7,13,15,22H,8H2,1-3H3/t13-,15-,16+/m0/s1. The highest BCUT2D eigenvalue weighted by Gasteiger charge is 2.63. The fourth-order valence-corrected chi connectivity index (χ4v) is 3.73. The third kappa shape index (κ3) is 1.96. The second-order valence-corrected chi connectivity index (χ2v) is 5.87. The average molecular weight is 318 g/mol. The molecule has 2 amide bonds. The lowest BCUT2D eigenvalue weighted by Gasteiger charge is -2.34. The molecule has 7 heteroatoms. The van der Waals surface area contributed by atoms with E-state index in [0.29, 0.717) is 11.3 Å². The number of anilines is 1. The number of hydrogen-bond acceptors (Lipinski definition) is 5. The van der Waals surface area contributed by atoms with Crippen molar-refractivity contribution in [2.24, 2.45) is 0 Å². The highest BCUT2D eigenvalue weighted by atomic mass is 16.5. The number of carbonyl (C=O) groups is 3. The lowest BCUT2D eigenvalue weighted by atomic mass is 9.91. The summed E-state index contributed by atoms with van der Waals surface area (Å²) in [4.78, 5) is 39.0. The first-order chi connectivity index (χ1) is 10.8. The van der Waals surface area contributed by atoms with Crippen molar-refractivity contribution < 1.29 is 24.2 Å². The molecule has 1 aromatic rings. The number of carbonyl (C=O) groups excluding carboxylic acids is 3. The van der Waals surface area contributed by atoms with Crippen LogP contribution in [0.3, 0.4) is 0 Å². The quantitative estimate of drug-likeness (QED) is 0.756. The monoisotopic (exact) mass is 318 g/mol. The predicted octanol–water partition coefficient (Wildman–Crippen LogP) is 0.361. The zero-order valence-electron chi connectivity index (χ0n) is 13.1. The van der Waals surface area contributed by atoms with E-state index in [0.717, 1.165) is 0 Å². The Bertz CT molecular complexity index is 703. The molecule has 0 spiro atoms. The molecule has 0 aromatic heterocycles. The molecule has 3 rings (SSSR count). The largest absolute Gasteiger partial charge is 0.467 e. The van der Waals surface area contributed by atoms with E-state index in [1.807, 2.05) is 0 Å². The van der Waals surface area contributed by atoms with Crippen molar-refractivity contribution in [3.8, 4) is 0 Å². The van der Waals surface area contributed by atoms with E-state index in [9.17, 15) is 19.5 Å². The summed E-state index contributed by atoms with van der Waals surface area (Å²) in [5.41, 5.74) is -0.396. The van der Waals surface area contributed by atoms with Crippen LogP contribution in [0.25, 0.3) is 0 Å². The minimum Gasteiger partial charge on any atom is -0.467 e. The second kappa shape index (κ2) is 5.06. The van der Waals surface area contributed by atoms with E-state index < -0.39 is 29.7 Å². The number of aliphatic hydroxyl groups is 1. The summed E-state index contributed by atoms with van der Waals surface area (Å²) in [6, 6.07) is 6.01. The van der Waals surface area contributed by atoms with Crippen molar-refractivity contribution in [2.45, 2.75) is 38.1 Å². The third-order valence-electron chi connectivity index (χ3n) is 4.58. The van der Waals surface area contributed by atoms with Crippen LogP contribution < -0.4 is 4.90 Å². The number of ether oxygens (including phenoxy) is 1. The summed E-state index contributed by atoms with van der Waals surface area (Å²) in [5.74, 6) is -1.32. The van der Waals surface area contributed by atoms with Gasteiger partial charge in [0.15, 0.2) is 0 Å². The fourth-order valence-electron chi connectivity index (χ4n) is 3.73. The minimum atomic E-state index is -1.49. The van der Waals surface area contributed by atoms with E-state index in [1.165, 1.54) is 30.8 Å².